The Hall–Kier alpha value is -0.680. The number of hydrogen-bond acceptors (Lipinski definition) is 4. The van der Waals surface area contributed by atoms with Crippen LogP contribution < -0.4 is 0 Å². The van der Waals surface area contributed by atoms with E-state index in [0.29, 0.717) is 12.8 Å². The van der Waals surface area contributed by atoms with Gasteiger partial charge >= 0.3 is 0 Å². The number of aliphatic hydroxyl groups is 4. The lowest BCUT2D eigenvalue weighted by atomic mass is 9.42. The van der Waals surface area contributed by atoms with E-state index in [9.17, 15) is 20.4 Å². The lowest BCUT2D eigenvalue weighted by Crippen LogP contribution is -2.65. The summed E-state index contributed by atoms with van der Waals surface area (Å²) in [6.45, 7) is 9.69. The Morgan fingerprint density at radius 2 is 1.96 bits per heavy atom. The van der Waals surface area contributed by atoms with Gasteiger partial charge in [-0.05, 0) is 55.4 Å². The summed E-state index contributed by atoms with van der Waals surface area (Å²) in [5.74, 6) is -0.0808. The van der Waals surface area contributed by atoms with Crippen molar-refractivity contribution in [1.82, 2.24) is 0 Å². The summed E-state index contributed by atoms with van der Waals surface area (Å²) >= 11 is 0. The first-order valence-electron chi connectivity index (χ1n) is 9.15. The molecule has 4 N–H and O–H groups in total. The summed E-state index contributed by atoms with van der Waals surface area (Å²) in [7, 11) is 0. The van der Waals surface area contributed by atoms with Gasteiger partial charge in [-0.1, -0.05) is 32.6 Å². The highest BCUT2D eigenvalue weighted by Crippen LogP contribution is 2.64. The van der Waals surface area contributed by atoms with Gasteiger partial charge in [-0.15, -0.1) is 0 Å². The molecule has 0 aromatic rings. The van der Waals surface area contributed by atoms with Crippen LogP contribution >= 0.6 is 0 Å². The molecule has 0 aromatic heterocycles. The van der Waals surface area contributed by atoms with E-state index in [1.807, 2.05) is 6.92 Å². The van der Waals surface area contributed by atoms with E-state index >= 15 is 0 Å². The maximum absolute atomic E-state index is 11.1. The van der Waals surface area contributed by atoms with Gasteiger partial charge in [0.05, 0.1) is 24.4 Å². The van der Waals surface area contributed by atoms with Gasteiger partial charge in [0.15, 0.2) is 0 Å². The van der Waals surface area contributed by atoms with E-state index in [4.69, 9.17) is 0 Å². The smallest absolute Gasteiger partial charge is 0.0920 e. The van der Waals surface area contributed by atoms with E-state index in [-0.39, 0.29) is 29.8 Å². The zero-order valence-electron chi connectivity index (χ0n) is 15.1. The Balaban J connectivity index is 2.07. The number of allylic oxidation sites excluding steroid dienone is 1. The van der Waals surface area contributed by atoms with Crippen LogP contribution in [0, 0.1) is 28.6 Å². The monoisotopic (exact) mass is 336 g/mol. The fourth-order valence-corrected chi connectivity index (χ4v) is 6.33. The first kappa shape index (κ1) is 18.1. The molecular formula is C20H32O4. The second-order valence-corrected chi connectivity index (χ2v) is 8.96. The van der Waals surface area contributed by atoms with E-state index in [2.05, 4.69) is 19.6 Å². The van der Waals surface area contributed by atoms with Gasteiger partial charge in [0, 0.05) is 11.3 Å². The van der Waals surface area contributed by atoms with E-state index in [1.54, 1.807) is 13.0 Å². The molecule has 0 unspecified atom stereocenters. The summed E-state index contributed by atoms with van der Waals surface area (Å²) in [4.78, 5) is 0. The van der Waals surface area contributed by atoms with Crippen molar-refractivity contribution in [1.29, 1.82) is 0 Å². The third kappa shape index (κ3) is 2.20. The summed E-state index contributed by atoms with van der Waals surface area (Å²) in [6.07, 6.45) is 5.36. The Kier molecular flexibility index (Phi) is 4.28. The molecule has 3 aliphatic carbocycles. The van der Waals surface area contributed by atoms with Crippen LogP contribution in [-0.4, -0.2) is 44.8 Å². The molecule has 0 saturated heterocycles. The molecule has 4 nitrogen and oxygen atoms in total. The van der Waals surface area contributed by atoms with Crippen molar-refractivity contribution < 1.29 is 20.4 Å². The van der Waals surface area contributed by atoms with Crippen LogP contribution in [-0.2, 0) is 0 Å². The highest BCUT2D eigenvalue weighted by molar-refractivity contribution is 5.33. The summed E-state index contributed by atoms with van der Waals surface area (Å²) in [5.41, 5.74) is -1.02. The molecule has 24 heavy (non-hydrogen) atoms. The topological polar surface area (TPSA) is 80.9 Å². The predicted molar refractivity (Wildman–Crippen MR) is 93.2 cm³/mol. The van der Waals surface area contributed by atoms with Gasteiger partial charge in [0.2, 0.25) is 0 Å². The Bertz CT molecular complexity index is 554. The largest absolute Gasteiger partial charge is 0.396 e. The molecule has 0 heterocycles. The third-order valence-electron chi connectivity index (χ3n) is 7.87. The second-order valence-electron chi connectivity index (χ2n) is 8.96. The average Bonchev–Trinajstić information content (AvgIpc) is 2.53. The Morgan fingerprint density at radius 3 is 2.54 bits per heavy atom. The molecule has 0 amide bonds. The van der Waals surface area contributed by atoms with Crippen molar-refractivity contribution in [2.45, 2.75) is 64.3 Å². The van der Waals surface area contributed by atoms with Crippen molar-refractivity contribution in [3.63, 3.8) is 0 Å². The van der Waals surface area contributed by atoms with Crippen LogP contribution in [0.15, 0.2) is 24.3 Å². The maximum atomic E-state index is 11.1. The first-order chi connectivity index (χ1) is 11.1. The van der Waals surface area contributed by atoms with Crippen LogP contribution in [0.25, 0.3) is 0 Å². The molecule has 0 bridgehead atoms. The van der Waals surface area contributed by atoms with Crippen LogP contribution in [0.1, 0.15) is 46.5 Å². The average molecular weight is 336 g/mol. The molecule has 2 saturated carbocycles. The zero-order chi connectivity index (χ0) is 17.9. The Labute approximate surface area is 144 Å². The van der Waals surface area contributed by atoms with Gasteiger partial charge in [-0.3, -0.25) is 0 Å². The molecule has 0 aromatic carbocycles. The molecule has 2 fully saturated rings. The SMILES string of the molecule is C=CC1=CC[C@H]2[C@@H]([C@@H](O)C[C@@H]3[C@]2(C)CC[C@H](O)[C@]3(C)CO)[C@]1(C)O. The molecule has 136 valence electrons. The number of rotatable bonds is 2. The maximum Gasteiger partial charge on any atom is 0.0920 e. The highest BCUT2D eigenvalue weighted by Gasteiger charge is 2.64. The minimum atomic E-state index is -1.09. The van der Waals surface area contributed by atoms with Crippen molar-refractivity contribution in [3.8, 4) is 0 Å². The van der Waals surface area contributed by atoms with Crippen molar-refractivity contribution in [2.75, 3.05) is 6.61 Å². The van der Waals surface area contributed by atoms with E-state index < -0.39 is 23.2 Å². The quantitative estimate of drug-likeness (QED) is 0.622. The minimum absolute atomic E-state index is 0.0319. The molecular weight excluding hydrogens is 304 g/mol. The molecule has 0 aliphatic heterocycles. The molecule has 0 radical (unpaired) electrons. The van der Waals surface area contributed by atoms with Crippen LogP contribution in [0.4, 0.5) is 0 Å². The van der Waals surface area contributed by atoms with Crippen molar-refractivity contribution in [2.24, 2.45) is 28.6 Å². The predicted octanol–water partition coefficient (Wildman–Crippen LogP) is 2.03. The van der Waals surface area contributed by atoms with Gasteiger partial charge < -0.3 is 20.4 Å². The highest BCUT2D eigenvalue weighted by atomic mass is 16.3. The lowest BCUT2D eigenvalue weighted by Gasteiger charge is -2.64. The number of hydrogen-bond donors (Lipinski definition) is 4. The minimum Gasteiger partial charge on any atom is -0.396 e. The standard InChI is InChI=1S/C20H32O4/c1-5-12-6-7-13-17(20(12,4)24)14(22)10-15-18(13,2)9-8-16(23)19(15,3)11-21/h5-6,13-17,21-24H,1,7-11H2,2-4H3/t13-,14-,15+,16-,17-,18+,19+,20+/m0/s1. The van der Waals surface area contributed by atoms with E-state index in [1.165, 1.54) is 0 Å². The second kappa shape index (κ2) is 5.66. The molecule has 4 heteroatoms. The zero-order valence-corrected chi connectivity index (χ0v) is 15.1. The number of fused-ring (bicyclic) bond motifs is 3. The first-order valence-corrected chi connectivity index (χ1v) is 9.15. The van der Waals surface area contributed by atoms with Crippen molar-refractivity contribution >= 4 is 0 Å². The normalized spacial score (nSPS) is 54.5. The third-order valence-corrected chi connectivity index (χ3v) is 7.87. The molecule has 8 atom stereocenters. The van der Waals surface area contributed by atoms with Crippen LogP contribution in [0.3, 0.4) is 0 Å². The van der Waals surface area contributed by atoms with Crippen LogP contribution in [0.5, 0.6) is 0 Å². The van der Waals surface area contributed by atoms with Gasteiger partial charge in [0.25, 0.3) is 0 Å². The fraction of sp³-hybridized carbons (Fsp3) is 0.800. The summed E-state index contributed by atoms with van der Waals surface area (Å²) in [5, 5.41) is 42.6. The molecule has 3 aliphatic rings. The van der Waals surface area contributed by atoms with Crippen molar-refractivity contribution in [3.05, 3.63) is 24.3 Å². The summed E-state index contributed by atoms with van der Waals surface area (Å²) < 4.78 is 0. The fourth-order valence-electron chi connectivity index (χ4n) is 6.33. The summed E-state index contributed by atoms with van der Waals surface area (Å²) in [6, 6.07) is 0. The van der Waals surface area contributed by atoms with Gasteiger partial charge in [-0.2, -0.15) is 0 Å². The van der Waals surface area contributed by atoms with Gasteiger partial charge in [0.1, 0.15) is 0 Å². The van der Waals surface area contributed by atoms with Crippen LogP contribution in [0.2, 0.25) is 0 Å². The van der Waals surface area contributed by atoms with Gasteiger partial charge in [-0.25, -0.2) is 0 Å². The Morgan fingerprint density at radius 1 is 1.29 bits per heavy atom. The molecule has 3 rings (SSSR count). The van der Waals surface area contributed by atoms with E-state index in [0.717, 1.165) is 18.4 Å². The molecule has 0 spiro atoms. The number of aliphatic hydroxyl groups excluding tert-OH is 3. The lowest BCUT2D eigenvalue weighted by molar-refractivity contribution is -0.220.